The van der Waals surface area contributed by atoms with E-state index >= 15 is 0 Å². The molecule has 0 unspecified atom stereocenters. The van der Waals surface area contributed by atoms with Gasteiger partial charge < -0.3 is 4.42 Å². The predicted molar refractivity (Wildman–Crippen MR) is 104 cm³/mol. The average Bonchev–Trinajstić information content (AvgIpc) is 3.01. The van der Waals surface area contributed by atoms with E-state index in [1.165, 1.54) is 21.9 Å². The molecule has 0 fully saturated rings. The van der Waals surface area contributed by atoms with Crippen LogP contribution >= 0.6 is 15.9 Å². The van der Waals surface area contributed by atoms with Crippen molar-refractivity contribution >= 4 is 48.6 Å². The summed E-state index contributed by atoms with van der Waals surface area (Å²) in [5.41, 5.74) is 4.34. The van der Waals surface area contributed by atoms with Crippen molar-refractivity contribution in [3.8, 4) is 11.1 Å². The van der Waals surface area contributed by atoms with Crippen LogP contribution < -0.4 is 0 Å². The van der Waals surface area contributed by atoms with E-state index in [-0.39, 0.29) is 0 Å². The number of furan rings is 1. The molecular formula is C22H13BrO. The van der Waals surface area contributed by atoms with Crippen LogP contribution in [0.15, 0.2) is 87.8 Å². The molecule has 0 bridgehead atoms. The molecule has 0 spiro atoms. The quantitative estimate of drug-likeness (QED) is 0.304. The van der Waals surface area contributed by atoms with Gasteiger partial charge in [0.15, 0.2) is 0 Å². The lowest BCUT2D eigenvalue weighted by molar-refractivity contribution is 0.672. The molecule has 5 rings (SSSR count). The molecule has 24 heavy (non-hydrogen) atoms. The number of rotatable bonds is 1. The lowest BCUT2D eigenvalue weighted by atomic mass is 9.95. The van der Waals surface area contributed by atoms with Gasteiger partial charge in [0.25, 0.3) is 0 Å². The highest BCUT2D eigenvalue weighted by molar-refractivity contribution is 9.10. The van der Waals surface area contributed by atoms with Crippen molar-refractivity contribution in [2.75, 3.05) is 0 Å². The molecule has 0 aliphatic rings. The Hall–Kier alpha value is -2.58. The molecule has 0 amide bonds. The van der Waals surface area contributed by atoms with Crippen LogP contribution in [0.2, 0.25) is 0 Å². The summed E-state index contributed by atoms with van der Waals surface area (Å²) in [6.45, 7) is 0. The molecule has 0 radical (unpaired) electrons. The van der Waals surface area contributed by atoms with Gasteiger partial charge in [-0.3, -0.25) is 0 Å². The van der Waals surface area contributed by atoms with Gasteiger partial charge >= 0.3 is 0 Å². The summed E-state index contributed by atoms with van der Waals surface area (Å²) in [7, 11) is 0. The number of benzene rings is 4. The molecule has 0 saturated heterocycles. The largest absolute Gasteiger partial charge is 0.455 e. The zero-order valence-electron chi connectivity index (χ0n) is 12.8. The van der Waals surface area contributed by atoms with Gasteiger partial charge in [-0.25, -0.2) is 0 Å². The first-order valence-electron chi connectivity index (χ1n) is 7.90. The van der Waals surface area contributed by atoms with Crippen LogP contribution in [0.3, 0.4) is 0 Å². The molecule has 0 saturated carbocycles. The molecule has 1 aromatic heterocycles. The Morgan fingerprint density at radius 2 is 1.29 bits per heavy atom. The number of halogens is 1. The molecule has 1 nitrogen and oxygen atoms in total. The summed E-state index contributed by atoms with van der Waals surface area (Å²) in [4.78, 5) is 0. The Morgan fingerprint density at radius 3 is 2.08 bits per heavy atom. The van der Waals surface area contributed by atoms with E-state index in [2.05, 4.69) is 82.7 Å². The lowest BCUT2D eigenvalue weighted by Crippen LogP contribution is -1.82. The number of hydrogen-bond acceptors (Lipinski definition) is 1. The molecule has 5 aromatic rings. The van der Waals surface area contributed by atoms with Crippen molar-refractivity contribution in [1.29, 1.82) is 0 Å². The van der Waals surface area contributed by atoms with E-state index in [1.807, 2.05) is 12.1 Å². The summed E-state index contributed by atoms with van der Waals surface area (Å²) >= 11 is 3.52. The normalized spacial score (nSPS) is 11.5. The van der Waals surface area contributed by atoms with E-state index in [1.54, 1.807) is 0 Å². The van der Waals surface area contributed by atoms with Gasteiger partial charge in [-0.05, 0) is 40.8 Å². The highest BCUT2D eigenvalue weighted by atomic mass is 79.9. The second kappa shape index (κ2) is 5.22. The maximum atomic E-state index is 6.17. The molecule has 1 heterocycles. The van der Waals surface area contributed by atoms with Crippen LogP contribution in [0.1, 0.15) is 0 Å². The maximum Gasteiger partial charge on any atom is 0.143 e. The minimum absolute atomic E-state index is 0.936. The minimum atomic E-state index is 0.936. The summed E-state index contributed by atoms with van der Waals surface area (Å²) in [6.07, 6.45) is 0. The van der Waals surface area contributed by atoms with Gasteiger partial charge in [0, 0.05) is 20.6 Å². The highest BCUT2D eigenvalue weighted by Crippen LogP contribution is 2.39. The third-order valence-corrected chi connectivity index (χ3v) is 5.07. The van der Waals surface area contributed by atoms with Crippen molar-refractivity contribution in [2.45, 2.75) is 0 Å². The molecule has 0 aliphatic carbocycles. The van der Waals surface area contributed by atoms with Gasteiger partial charge in [0.2, 0.25) is 0 Å². The first kappa shape index (κ1) is 13.8. The molecule has 0 atom stereocenters. The van der Waals surface area contributed by atoms with Gasteiger partial charge in [-0.1, -0.05) is 70.5 Å². The third-order valence-electron chi connectivity index (χ3n) is 4.54. The van der Waals surface area contributed by atoms with Crippen molar-refractivity contribution < 1.29 is 4.42 Å². The molecule has 0 aliphatic heterocycles. The number of fused-ring (bicyclic) bond motifs is 5. The van der Waals surface area contributed by atoms with Gasteiger partial charge in [0.1, 0.15) is 11.2 Å². The summed E-state index contributed by atoms with van der Waals surface area (Å²) in [5, 5.41) is 4.70. The minimum Gasteiger partial charge on any atom is -0.455 e. The predicted octanol–water partition coefficient (Wildman–Crippen LogP) is 7.17. The van der Waals surface area contributed by atoms with Gasteiger partial charge in [0.05, 0.1) is 0 Å². The zero-order chi connectivity index (χ0) is 16.1. The topological polar surface area (TPSA) is 13.1 Å². The van der Waals surface area contributed by atoms with Crippen LogP contribution in [0.25, 0.3) is 43.8 Å². The Kier molecular flexibility index (Phi) is 3.00. The Labute approximate surface area is 147 Å². The smallest absolute Gasteiger partial charge is 0.143 e. The lowest BCUT2D eigenvalue weighted by Gasteiger charge is -2.08. The Balaban J connectivity index is 1.97. The second-order valence-electron chi connectivity index (χ2n) is 5.95. The number of para-hydroxylation sites is 1. The first-order chi connectivity index (χ1) is 11.8. The van der Waals surface area contributed by atoms with E-state index in [0.29, 0.717) is 0 Å². The van der Waals surface area contributed by atoms with E-state index in [4.69, 9.17) is 4.42 Å². The van der Waals surface area contributed by atoms with E-state index in [9.17, 15) is 0 Å². The van der Waals surface area contributed by atoms with Crippen LogP contribution in [0.4, 0.5) is 0 Å². The molecule has 114 valence electrons. The van der Waals surface area contributed by atoms with Crippen molar-refractivity contribution in [1.82, 2.24) is 0 Å². The van der Waals surface area contributed by atoms with E-state index < -0.39 is 0 Å². The van der Waals surface area contributed by atoms with Crippen LogP contribution in [-0.2, 0) is 0 Å². The fourth-order valence-corrected chi connectivity index (χ4v) is 3.68. The summed E-state index contributed by atoms with van der Waals surface area (Å²) in [5.74, 6) is 0. The SMILES string of the molecule is Brc1ccc(-c2cc3c4ccccc4oc3c3ccccc23)cc1. The Morgan fingerprint density at radius 1 is 0.625 bits per heavy atom. The molecular weight excluding hydrogens is 360 g/mol. The third kappa shape index (κ3) is 2.00. The first-order valence-corrected chi connectivity index (χ1v) is 8.69. The van der Waals surface area contributed by atoms with Crippen LogP contribution in [0.5, 0.6) is 0 Å². The van der Waals surface area contributed by atoms with Gasteiger partial charge in [-0.15, -0.1) is 0 Å². The molecule has 0 N–H and O–H groups in total. The van der Waals surface area contributed by atoms with E-state index in [0.717, 1.165) is 26.4 Å². The van der Waals surface area contributed by atoms with Crippen molar-refractivity contribution in [3.05, 3.63) is 83.3 Å². The van der Waals surface area contributed by atoms with Crippen LogP contribution in [0, 0.1) is 0 Å². The average molecular weight is 373 g/mol. The second-order valence-corrected chi connectivity index (χ2v) is 6.87. The standard InChI is InChI=1S/C22H13BrO/c23-15-11-9-14(10-12-15)19-13-20-17-6-3-4-8-21(17)24-22(20)18-7-2-1-5-16(18)19/h1-13H. The van der Waals surface area contributed by atoms with Crippen LogP contribution in [-0.4, -0.2) is 0 Å². The van der Waals surface area contributed by atoms with Crippen molar-refractivity contribution in [3.63, 3.8) is 0 Å². The Bertz CT molecular complexity index is 1200. The zero-order valence-corrected chi connectivity index (χ0v) is 14.4. The fourth-order valence-electron chi connectivity index (χ4n) is 3.42. The van der Waals surface area contributed by atoms with Gasteiger partial charge in [-0.2, -0.15) is 0 Å². The summed E-state index contributed by atoms with van der Waals surface area (Å²) < 4.78 is 7.26. The monoisotopic (exact) mass is 372 g/mol. The fraction of sp³-hybridized carbons (Fsp3) is 0. The number of hydrogen-bond donors (Lipinski definition) is 0. The highest BCUT2D eigenvalue weighted by Gasteiger charge is 2.14. The van der Waals surface area contributed by atoms with Crippen molar-refractivity contribution in [2.24, 2.45) is 0 Å². The molecule has 2 heteroatoms. The molecule has 4 aromatic carbocycles. The maximum absolute atomic E-state index is 6.17. The summed E-state index contributed by atoms with van der Waals surface area (Å²) in [6, 6.07) is 27.4.